The third kappa shape index (κ3) is 4.55. The number of nitrogens with one attached hydrogen (secondary N) is 1. The molecule has 4 N–H and O–H groups in total. The molecule has 1 aromatic rings. The van der Waals surface area contributed by atoms with Crippen LogP contribution >= 0.6 is 0 Å². The Hall–Kier alpha value is -1.39. The lowest BCUT2D eigenvalue weighted by molar-refractivity contribution is -0.122. The van der Waals surface area contributed by atoms with Crippen LogP contribution in [0.1, 0.15) is 37.7 Å². The first-order valence-corrected chi connectivity index (χ1v) is 7.83. The Morgan fingerprint density at radius 3 is 2.57 bits per heavy atom. The Balaban J connectivity index is 1.83. The number of amides is 1. The van der Waals surface area contributed by atoms with E-state index in [2.05, 4.69) is 5.32 Å². The van der Waals surface area contributed by atoms with Crippen LogP contribution in [0.2, 0.25) is 0 Å². The maximum absolute atomic E-state index is 12.2. The lowest BCUT2D eigenvalue weighted by atomic mass is 9.83. The summed E-state index contributed by atoms with van der Waals surface area (Å²) in [7, 11) is 0. The highest BCUT2D eigenvalue weighted by Crippen LogP contribution is 2.40. The first kappa shape index (κ1) is 16.0. The smallest absolute Gasteiger partial charge is 0.237 e. The fourth-order valence-electron chi connectivity index (χ4n) is 3.24. The molecule has 1 atom stereocenters. The van der Waals surface area contributed by atoms with E-state index < -0.39 is 6.04 Å². The Morgan fingerprint density at radius 2 is 1.95 bits per heavy atom. The second-order valence-electron chi connectivity index (χ2n) is 6.19. The number of aliphatic hydroxyl groups is 1. The predicted molar refractivity (Wildman–Crippen MR) is 83.7 cm³/mol. The molecule has 1 amide bonds. The molecule has 1 saturated carbocycles. The monoisotopic (exact) mass is 290 g/mol. The molecule has 1 aliphatic carbocycles. The van der Waals surface area contributed by atoms with E-state index >= 15 is 0 Å². The average Bonchev–Trinajstić information content (AvgIpc) is 2.95. The molecule has 1 aromatic carbocycles. The molecule has 2 rings (SSSR count). The van der Waals surface area contributed by atoms with Gasteiger partial charge in [0.2, 0.25) is 5.91 Å². The van der Waals surface area contributed by atoms with Crippen LogP contribution in [0, 0.1) is 5.41 Å². The summed E-state index contributed by atoms with van der Waals surface area (Å²) >= 11 is 0. The van der Waals surface area contributed by atoms with Crippen molar-refractivity contribution in [3.05, 3.63) is 35.9 Å². The van der Waals surface area contributed by atoms with Gasteiger partial charge in [-0.2, -0.15) is 0 Å². The van der Waals surface area contributed by atoms with Crippen molar-refractivity contribution in [3.8, 4) is 0 Å². The van der Waals surface area contributed by atoms with Gasteiger partial charge >= 0.3 is 0 Å². The number of nitrogens with two attached hydrogens (primary N) is 1. The van der Waals surface area contributed by atoms with Crippen LogP contribution in [0.25, 0.3) is 0 Å². The zero-order valence-corrected chi connectivity index (χ0v) is 12.6. The molecule has 0 radical (unpaired) electrons. The van der Waals surface area contributed by atoms with Crippen molar-refractivity contribution >= 4 is 5.91 Å². The largest absolute Gasteiger partial charge is 0.396 e. The minimum absolute atomic E-state index is 0.0802. The fourth-order valence-corrected chi connectivity index (χ4v) is 3.24. The molecule has 4 heteroatoms. The molecule has 4 nitrogen and oxygen atoms in total. The van der Waals surface area contributed by atoms with Crippen molar-refractivity contribution in [1.82, 2.24) is 5.32 Å². The molecule has 0 unspecified atom stereocenters. The highest BCUT2D eigenvalue weighted by Gasteiger charge is 2.33. The van der Waals surface area contributed by atoms with E-state index in [4.69, 9.17) is 5.73 Å². The van der Waals surface area contributed by atoms with Crippen LogP contribution in [-0.2, 0) is 11.2 Å². The number of carbonyl (C=O) groups excluding carboxylic acids is 1. The zero-order valence-electron chi connectivity index (χ0n) is 12.6. The van der Waals surface area contributed by atoms with E-state index in [1.54, 1.807) is 0 Å². The lowest BCUT2D eigenvalue weighted by Gasteiger charge is -2.29. The van der Waals surface area contributed by atoms with Crippen LogP contribution in [0.5, 0.6) is 0 Å². The summed E-state index contributed by atoms with van der Waals surface area (Å²) in [5.41, 5.74) is 7.14. The molecule has 1 fully saturated rings. The number of aliphatic hydroxyl groups excluding tert-OH is 1. The van der Waals surface area contributed by atoms with E-state index in [0.29, 0.717) is 13.0 Å². The van der Waals surface area contributed by atoms with Gasteiger partial charge in [-0.05, 0) is 36.7 Å². The predicted octanol–water partition coefficient (Wildman–Crippen LogP) is 1.62. The molecule has 116 valence electrons. The summed E-state index contributed by atoms with van der Waals surface area (Å²) in [6.07, 6.45) is 5.86. The van der Waals surface area contributed by atoms with Crippen molar-refractivity contribution in [2.24, 2.45) is 11.1 Å². The van der Waals surface area contributed by atoms with Gasteiger partial charge in [-0.3, -0.25) is 4.79 Å². The first-order chi connectivity index (χ1) is 10.2. The van der Waals surface area contributed by atoms with Crippen molar-refractivity contribution in [1.29, 1.82) is 0 Å². The van der Waals surface area contributed by atoms with Gasteiger partial charge in [-0.15, -0.1) is 0 Å². The minimum Gasteiger partial charge on any atom is -0.396 e. The van der Waals surface area contributed by atoms with Gasteiger partial charge in [0.05, 0.1) is 6.04 Å². The molecule has 0 bridgehead atoms. The average molecular weight is 290 g/mol. The third-order valence-electron chi connectivity index (χ3n) is 4.58. The van der Waals surface area contributed by atoms with Gasteiger partial charge in [0.15, 0.2) is 0 Å². The van der Waals surface area contributed by atoms with Gasteiger partial charge in [-0.25, -0.2) is 0 Å². The Kier molecular flexibility index (Phi) is 5.76. The van der Waals surface area contributed by atoms with E-state index in [-0.39, 0.29) is 17.9 Å². The molecule has 0 aliphatic heterocycles. The second kappa shape index (κ2) is 7.57. The molecule has 0 saturated heterocycles. The van der Waals surface area contributed by atoms with E-state index in [9.17, 15) is 9.90 Å². The summed E-state index contributed by atoms with van der Waals surface area (Å²) in [4.78, 5) is 12.2. The highest BCUT2D eigenvalue weighted by atomic mass is 16.3. The van der Waals surface area contributed by atoms with Crippen LogP contribution in [-0.4, -0.2) is 30.2 Å². The number of benzene rings is 1. The molecule has 0 spiro atoms. The molecule has 1 aliphatic rings. The van der Waals surface area contributed by atoms with Crippen molar-refractivity contribution in [3.63, 3.8) is 0 Å². The number of carbonyl (C=O) groups is 1. The molecular formula is C17H26N2O2. The normalized spacial score (nSPS) is 18.4. The van der Waals surface area contributed by atoms with Crippen molar-refractivity contribution in [2.45, 2.75) is 44.6 Å². The third-order valence-corrected chi connectivity index (χ3v) is 4.58. The topological polar surface area (TPSA) is 75.4 Å². The summed E-state index contributed by atoms with van der Waals surface area (Å²) in [5, 5.41) is 12.2. The van der Waals surface area contributed by atoms with Crippen LogP contribution in [0.15, 0.2) is 30.3 Å². The summed E-state index contributed by atoms with van der Waals surface area (Å²) in [6.45, 7) is 0.820. The lowest BCUT2D eigenvalue weighted by Crippen LogP contribution is -2.46. The van der Waals surface area contributed by atoms with Gasteiger partial charge in [0.25, 0.3) is 0 Å². The number of hydrogen-bond acceptors (Lipinski definition) is 3. The van der Waals surface area contributed by atoms with Crippen LogP contribution in [0.3, 0.4) is 0 Å². The van der Waals surface area contributed by atoms with Gasteiger partial charge in [0, 0.05) is 13.2 Å². The van der Waals surface area contributed by atoms with Gasteiger partial charge < -0.3 is 16.2 Å². The molecule has 0 aromatic heterocycles. The fraction of sp³-hybridized carbons (Fsp3) is 0.588. The summed E-state index contributed by atoms with van der Waals surface area (Å²) < 4.78 is 0. The van der Waals surface area contributed by atoms with E-state index in [1.165, 1.54) is 12.8 Å². The molecular weight excluding hydrogens is 264 g/mol. The second-order valence-corrected chi connectivity index (χ2v) is 6.19. The minimum atomic E-state index is -0.514. The Morgan fingerprint density at radius 1 is 1.29 bits per heavy atom. The molecule has 21 heavy (non-hydrogen) atoms. The number of hydrogen-bond donors (Lipinski definition) is 3. The zero-order chi connectivity index (χ0) is 15.1. The van der Waals surface area contributed by atoms with Crippen molar-refractivity contribution in [2.75, 3.05) is 13.2 Å². The quantitative estimate of drug-likeness (QED) is 0.714. The maximum atomic E-state index is 12.2. The van der Waals surface area contributed by atoms with Crippen molar-refractivity contribution < 1.29 is 9.90 Å². The first-order valence-electron chi connectivity index (χ1n) is 7.83. The van der Waals surface area contributed by atoms with Crippen LogP contribution in [0.4, 0.5) is 0 Å². The Bertz CT molecular complexity index is 441. The Labute approximate surface area is 126 Å². The van der Waals surface area contributed by atoms with Crippen LogP contribution < -0.4 is 11.1 Å². The SMILES string of the molecule is N[C@@H](Cc1ccccc1)C(=O)NCC1(CCO)CCCC1. The van der Waals surface area contributed by atoms with Gasteiger partial charge in [0.1, 0.15) is 0 Å². The standard InChI is InChI=1S/C17H26N2O2/c18-15(12-14-6-2-1-3-7-14)16(21)19-13-17(10-11-20)8-4-5-9-17/h1-3,6-7,15,20H,4-5,8-13,18H2,(H,19,21)/t15-/m0/s1. The highest BCUT2D eigenvalue weighted by molar-refractivity contribution is 5.81. The maximum Gasteiger partial charge on any atom is 0.237 e. The van der Waals surface area contributed by atoms with E-state index in [1.807, 2.05) is 30.3 Å². The summed E-state index contributed by atoms with van der Waals surface area (Å²) in [5.74, 6) is -0.0944. The molecule has 0 heterocycles. The van der Waals surface area contributed by atoms with Gasteiger partial charge in [-0.1, -0.05) is 43.2 Å². The van der Waals surface area contributed by atoms with E-state index in [0.717, 1.165) is 24.8 Å². The number of rotatable bonds is 7. The summed E-state index contributed by atoms with van der Waals surface area (Å²) in [6, 6.07) is 9.31.